The van der Waals surface area contributed by atoms with Gasteiger partial charge in [0.15, 0.2) is 0 Å². The Bertz CT molecular complexity index is 332. The van der Waals surface area contributed by atoms with Gasteiger partial charge in [0, 0.05) is 14.0 Å². The second-order valence-electron chi connectivity index (χ2n) is 3.29. The third-order valence-corrected chi connectivity index (χ3v) is 1.80. The van der Waals surface area contributed by atoms with Gasteiger partial charge in [-0.15, -0.1) is 5.10 Å². The van der Waals surface area contributed by atoms with Crippen LogP contribution in [0.2, 0.25) is 0 Å². The maximum absolute atomic E-state index is 11.5. The standard InChI is InChI=1S/C8H13N3O3/c1-5-10-11-7(14-5)9-6(12)8(2,3)13-4/h1-4H3,(H,9,11,12). The van der Waals surface area contributed by atoms with Gasteiger partial charge in [-0.2, -0.15) is 0 Å². The first-order valence-corrected chi connectivity index (χ1v) is 4.12. The number of carbonyl (C=O) groups excluding carboxylic acids is 1. The normalized spacial score (nSPS) is 11.4. The van der Waals surface area contributed by atoms with Crippen LogP contribution in [-0.4, -0.2) is 28.8 Å². The summed E-state index contributed by atoms with van der Waals surface area (Å²) >= 11 is 0. The van der Waals surface area contributed by atoms with Crippen molar-refractivity contribution < 1.29 is 13.9 Å². The number of aromatic nitrogens is 2. The molecular formula is C8H13N3O3. The zero-order chi connectivity index (χ0) is 10.8. The van der Waals surface area contributed by atoms with E-state index in [1.807, 2.05) is 0 Å². The molecule has 0 bridgehead atoms. The molecule has 0 aromatic carbocycles. The van der Waals surface area contributed by atoms with Crippen LogP contribution >= 0.6 is 0 Å². The fourth-order valence-corrected chi connectivity index (χ4v) is 0.687. The van der Waals surface area contributed by atoms with E-state index < -0.39 is 5.60 Å². The minimum Gasteiger partial charge on any atom is -0.408 e. The number of carbonyl (C=O) groups is 1. The summed E-state index contributed by atoms with van der Waals surface area (Å²) in [5.74, 6) is 0.0687. The number of methoxy groups -OCH3 is 1. The second kappa shape index (κ2) is 3.75. The number of nitrogens with zero attached hydrogens (tertiary/aromatic N) is 2. The third-order valence-electron chi connectivity index (χ3n) is 1.80. The van der Waals surface area contributed by atoms with Crippen LogP contribution in [0, 0.1) is 6.92 Å². The van der Waals surface area contributed by atoms with Crippen molar-refractivity contribution in [2.45, 2.75) is 26.4 Å². The van der Waals surface area contributed by atoms with E-state index in [-0.39, 0.29) is 11.9 Å². The first-order chi connectivity index (χ1) is 6.45. The van der Waals surface area contributed by atoms with Crippen molar-refractivity contribution in [1.82, 2.24) is 10.2 Å². The fourth-order valence-electron chi connectivity index (χ4n) is 0.687. The molecule has 0 aliphatic carbocycles. The molecule has 78 valence electrons. The molecule has 0 radical (unpaired) electrons. The van der Waals surface area contributed by atoms with E-state index in [0.29, 0.717) is 5.89 Å². The molecule has 1 aromatic rings. The summed E-state index contributed by atoms with van der Waals surface area (Å²) in [5, 5.41) is 9.65. The predicted octanol–water partition coefficient (Wildman–Crippen LogP) is 0.742. The molecular weight excluding hydrogens is 186 g/mol. The molecule has 0 aliphatic rings. The van der Waals surface area contributed by atoms with Crippen molar-refractivity contribution in [2.75, 3.05) is 12.4 Å². The van der Waals surface area contributed by atoms with E-state index in [4.69, 9.17) is 9.15 Å². The van der Waals surface area contributed by atoms with E-state index in [9.17, 15) is 4.79 Å². The SMILES string of the molecule is COC(C)(C)C(=O)Nc1nnc(C)o1. The molecule has 0 spiro atoms. The van der Waals surface area contributed by atoms with Crippen molar-refractivity contribution in [3.63, 3.8) is 0 Å². The summed E-state index contributed by atoms with van der Waals surface area (Å²) in [5.41, 5.74) is -0.914. The largest absolute Gasteiger partial charge is 0.408 e. The number of aryl methyl sites for hydroxylation is 1. The number of hydrogen-bond donors (Lipinski definition) is 1. The minimum atomic E-state index is -0.914. The van der Waals surface area contributed by atoms with Gasteiger partial charge in [-0.1, -0.05) is 5.10 Å². The number of anilines is 1. The summed E-state index contributed by atoms with van der Waals surface area (Å²) in [6, 6.07) is 0.0811. The maximum Gasteiger partial charge on any atom is 0.322 e. The molecule has 0 unspecified atom stereocenters. The lowest BCUT2D eigenvalue weighted by Crippen LogP contribution is -2.38. The number of ether oxygens (including phenoxy) is 1. The highest BCUT2D eigenvalue weighted by molar-refractivity contribution is 5.95. The lowest BCUT2D eigenvalue weighted by Gasteiger charge is -2.19. The second-order valence-corrected chi connectivity index (χ2v) is 3.29. The number of hydrogen-bond acceptors (Lipinski definition) is 5. The van der Waals surface area contributed by atoms with Gasteiger partial charge in [0.25, 0.3) is 5.91 Å². The Kier molecular flexibility index (Phi) is 2.85. The molecule has 0 saturated carbocycles. The maximum atomic E-state index is 11.5. The first kappa shape index (κ1) is 10.6. The van der Waals surface area contributed by atoms with E-state index in [0.717, 1.165) is 0 Å². The monoisotopic (exact) mass is 199 g/mol. The van der Waals surface area contributed by atoms with Crippen LogP contribution in [-0.2, 0) is 9.53 Å². The zero-order valence-corrected chi connectivity index (χ0v) is 8.62. The van der Waals surface area contributed by atoms with Crippen molar-refractivity contribution in [3.05, 3.63) is 5.89 Å². The molecule has 0 fully saturated rings. The number of rotatable bonds is 3. The Labute approximate surface area is 81.6 Å². The van der Waals surface area contributed by atoms with Crippen molar-refractivity contribution in [2.24, 2.45) is 0 Å². The van der Waals surface area contributed by atoms with Crippen LogP contribution in [0.25, 0.3) is 0 Å². The van der Waals surface area contributed by atoms with Gasteiger partial charge in [-0.3, -0.25) is 10.1 Å². The van der Waals surface area contributed by atoms with Crippen LogP contribution < -0.4 is 5.32 Å². The quantitative estimate of drug-likeness (QED) is 0.776. The van der Waals surface area contributed by atoms with Crippen LogP contribution in [0.5, 0.6) is 0 Å². The highest BCUT2D eigenvalue weighted by Gasteiger charge is 2.28. The Morgan fingerprint density at radius 2 is 2.14 bits per heavy atom. The molecule has 0 aliphatic heterocycles. The average Bonchev–Trinajstić information content (AvgIpc) is 2.51. The van der Waals surface area contributed by atoms with Crippen LogP contribution in [0.1, 0.15) is 19.7 Å². The first-order valence-electron chi connectivity index (χ1n) is 4.12. The van der Waals surface area contributed by atoms with Gasteiger partial charge in [-0.05, 0) is 13.8 Å². The van der Waals surface area contributed by atoms with Crippen molar-refractivity contribution in [3.8, 4) is 0 Å². The van der Waals surface area contributed by atoms with E-state index >= 15 is 0 Å². The van der Waals surface area contributed by atoms with Gasteiger partial charge < -0.3 is 9.15 Å². The summed E-state index contributed by atoms with van der Waals surface area (Å²) in [6.07, 6.45) is 0. The van der Waals surface area contributed by atoms with Crippen LogP contribution in [0.3, 0.4) is 0 Å². The highest BCUT2D eigenvalue weighted by atomic mass is 16.5. The molecule has 1 amide bonds. The van der Waals surface area contributed by atoms with Gasteiger partial charge in [0.1, 0.15) is 5.60 Å². The summed E-state index contributed by atoms with van der Waals surface area (Å²) < 4.78 is 9.96. The van der Waals surface area contributed by atoms with Gasteiger partial charge in [0.05, 0.1) is 0 Å². The van der Waals surface area contributed by atoms with Crippen LogP contribution in [0.4, 0.5) is 6.01 Å². The third kappa shape index (κ3) is 2.29. The molecule has 1 N–H and O–H groups in total. The average molecular weight is 199 g/mol. The minimum absolute atomic E-state index is 0.0811. The van der Waals surface area contributed by atoms with E-state index in [1.165, 1.54) is 7.11 Å². The lowest BCUT2D eigenvalue weighted by atomic mass is 10.1. The van der Waals surface area contributed by atoms with Gasteiger partial charge >= 0.3 is 6.01 Å². The van der Waals surface area contributed by atoms with Crippen molar-refractivity contribution in [1.29, 1.82) is 0 Å². The lowest BCUT2D eigenvalue weighted by molar-refractivity contribution is -0.133. The molecule has 0 saturated heterocycles. The Morgan fingerprint density at radius 1 is 1.50 bits per heavy atom. The Hall–Kier alpha value is -1.43. The molecule has 1 heterocycles. The predicted molar refractivity (Wildman–Crippen MR) is 48.8 cm³/mol. The molecule has 0 atom stereocenters. The zero-order valence-electron chi connectivity index (χ0n) is 8.62. The Morgan fingerprint density at radius 3 is 2.57 bits per heavy atom. The molecule has 6 heteroatoms. The number of amides is 1. The summed E-state index contributed by atoms with van der Waals surface area (Å²) in [4.78, 5) is 11.5. The van der Waals surface area contributed by atoms with E-state index in [2.05, 4.69) is 15.5 Å². The summed E-state index contributed by atoms with van der Waals surface area (Å²) in [7, 11) is 1.46. The van der Waals surface area contributed by atoms with Crippen LogP contribution in [0.15, 0.2) is 4.42 Å². The van der Waals surface area contributed by atoms with Crippen molar-refractivity contribution >= 4 is 11.9 Å². The molecule has 14 heavy (non-hydrogen) atoms. The molecule has 1 aromatic heterocycles. The smallest absolute Gasteiger partial charge is 0.322 e. The van der Waals surface area contributed by atoms with E-state index in [1.54, 1.807) is 20.8 Å². The number of nitrogens with one attached hydrogen (secondary N) is 1. The topological polar surface area (TPSA) is 77.2 Å². The van der Waals surface area contributed by atoms with Gasteiger partial charge in [-0.25, -0.2) is 0 Å². The molecule has 1 rings (SSSR count). The Balaban J connectivity index is 2.66. The fraction of sp³-hybridized carbons (Fsp3) is 0.625. The summed E-state index contributed by atoms with van der Waals surface area (Å²) in [6.45, 7) is 4.93. The molecule has 6 nitrogen and oxygen atoms in total. The highest BCUT2D eigenvalue weighted by Crippen LogP contribution is 2.11. The van der Waals surface area contributed by atoms with Gasteiger partial charge in [0.2, 0.25) is 5.89 Å².